The third-order valence-electron chi connectivity index (χ3n) is 2.03. The van der Waals surface area contributed by atoms with E-state index < -0.39 is 5.97 Å². The standard InChI is InChI=1S/C9H8N2O3/c1-4-3-6(9(12)13)10-8-7(4)5(2)11-14-8/h3H,1-2H3,(H,12,13). The van der Waals surface area contributed by atoms with Gasteiger partial charge in [-0.2, -0.15) is 0 Å². The molecule has 5 nitrogen and oxygen atoms in total. The number of fused-ring (bicyclic) bond motifs is 1. The van der Waals surface area contributed by atoms with Crippen LogP contribution in [0.3, 0.4) is 0 Å². The van der Waals surface area contributed by atoms with Crippen LogP contribution in [-0.4, -0.2) is 21.2 Å². The maximum atomic E-state index is 10.7. The lowest BCUT2D eigenvalue weighted by molar-refractivity contribution is 0.0690. The second kappa shape index (κ2) is 2.80. The predicted octanol–water partition coefficient (Wildman–Crippen LogP) is 1.54. The number of nitrogens with zero attached hydrogens (tertiary/aromatic N) is 2. The molecule has 0 aliphatic heterocycles. The van der Waals surface area contributed by atoms with E-state index in [2.05, 4.69) is 10.1 Å². The number of aromatic carboxylic acids is 1. The van der Waals surface area contributed by atoms with Crippen molar-refractivity contribution in [2.75, 3.05) is 0 Å². The van der Waals surface area contributed by atoms with Gasteiger partial charge in [-0.25, -0.2) is 9.78 Å². The molecule has 2 heterocycles. The van der Waals surface area contributed by atoms with Crippen LogP contribution in [-0.2, 0) is 0 Å². The van der Waals surface area contributed by atoms with Gasteiger partial charge in [-0.15, -0.1) is 0 Å². The topological polar surface area (TPSA) is 76.2 Å². The summed E-state index contributed by atoms with van der Waals surface area (Å²) in [7, 11) is 0. The zero-order valence-corrected chi connectivity index (χ0v) is 7.74. The summed E-state index contributed by atoms with van der Waals surface area (Å²) in [6, 6.07) is 1.51. The summed E-state index contributed by atoms with van der Waals surface area (Å²) in [6.07, 6.45) is 0. The molecule has 0 unspecified atom stereocenters. The van der Waals surface area contributed by atoms with E-state index in [1.54, 1.807) is 13.8 Å². The number of aromatic nitrogens is 2. The van der Waals surface area contributed by atoms with Crippen molar-refractivity contribution in [2.24, 2.45) is 0 Å². The number of pyridine rings is 1. The minimum Gasteiger partial charge on any atom is -0.477 e. The summed E-state index contributed by atoms with van der Waals surface area (Å²) in [4.78, 5) is 14.5. The van der Waals surface area contributed by atoms with Crippen molar-refractivity contribution in [1.29, 1.82) is 0 Å². The quantitative estimate of drug-likeness (QED) is 0.741. The Bertz CT molecular complexity index is 516. The summed E-state index contributed by atoms with van der Waals surface area (Å²) in [5.41, 5.74) is 1.79. The number of aryl methyl sites for hydroxylation is 2. The fraction of sp³-hybridized carbons (Fsp3) is 0.222. The number of carboxylic acid groups (broad SMARTS) is 1. The van der Waals surface area contributed by atoms with Gasteiger partial charge >= 0.3 is 5.97 Å². The van der Waals surface area contributed by atoms with E-state index in [1.807, 2.05) is 0 Å². The molecule has 0 fully saturated rings. The molecule has 0 atom stereocenters. The van der Waals surface area contributed by atoms with Crippen molar-refractivity contribution in [1.82, 2.24) is 10.1 Å². The van der Waals surface area contributed by atoms with Crippen LogP contribution >= 0.6 is 0 Å². The SMILES string of the molecule is Cc1cc(C(=O)O)nc2onc(C)c12. The fourth-order valence-corrected chi connectivity index (χ4v) is 1.42. The number of hydrogen-bond acceptors (Lipinski definition) is 4. The lowest BCUT2D eigenvalue weighted by Gasteiger charge is -1.96. The third kappa shape index (κ3) is 1.14. The molecule has 0 amide bonds. The second-order valence-electron chi connectivity index (χ2n) is 3.08. The molecule has 2 rings (SSSR count). The molecule has 0 saturated heterocycles. The smallest absolute Gasteiger partial charge is 0.354 e. The number of hydrogen-bond donors (Lipinski definition) is 1. The Morgan fingerprint density at radius 1 is 1.50 bits per heavy atom. The highest BCUT2D eigenvalue weighted by Gasteiger charge is 2.13. The van der Waals surface area contributed by atoms with Gasteiger partial charge in [0.2, 0.25) is 0 Å². The lowest BCUT2D eigenvalue weighted by atomic mass is 10.1. The summed E-state index contributed by atoms with van der Waals surface area (Å²) in [6.45, 7) is 3.60. The minimum atomic E-state index is -1.07. The van der Waals surface area contributed by atoms with Crippen LogP contribution in [0.15, 0.2) is 10.6 Å². The molecule has 14 heavy (non-hydrogen) atoms. The van der Waals surface area contributed by atoms with Crippen molar-refractivity contribution in [3.63, 3.8) is 0 Å². The van der Waals surface area contributed by atoms with Crippen LogP contribution in [0.4, 0.5) is 0 Å². The van der Waals surface area contributed by atoms with Crippen molar-refractivity contribution in [3.8, 4) is 0 Å². The normalized spacial score (nSPS) is 10.7. The first-order valence-electron chi connectivity index (χ1n) is 4.06. The van der Waals surface area contributed by atoms with Crippen LogP contribution in [0.5, 0.6) is 0 Å². The molecule has 1 N–H and O–H groups in total. The number of rotatable bonds is 1. The zero-order valence-electron chi connectivity index (χ0n) is 7.74. The molecule has 0 bridgehead atoms. The van der Waals surface area contributed by atoms with E-state index in [4.69, 9.17) is 9.63 Å². The van der Waals surface area contributed by atoms with E-state index in [9.17, 15) is 4.79 Å². The molecular weight excluding hydrogens is 184 g/mol. The molecule has 5 heteroatoms. The summed E-state index contributed by atoms with van der Waals surface area (Å²) < 4.78 is 4.90. The highest BCUT2D eigenvalue weighted by atomic mass is 16.5. The van der Waals surface area contributed by atoms with Crippen LogP contribution in [0.25, 0.3) is 11.1 Å². The fourth-order valence-electron chi connectivity index (χ4n) is 1.42. The van der Waals surface area contributed by atoms with Gasteiger partial charge in [-0.05, 0) is 25.5 Å². The van der Waals surface area contributed by atoms with E-state index in [-0.39, 0.29) is 11.4 Å². The van der Waals surface area contributed by atoms with Gasteiger partial charge in [0.05, 0.1) is 11.1 Å². The highest BCUT2D eigenvalue weighted by molar-refractivity contribution is 5.90. The first-order valence-corrected chi connectivity index (χ1v) is 4.06. The van der Waals surface area contributed by atoms with E-state index in [0.717, 1.165) is 16.6 Å². The van der Waals surface area contributed by atoms with Crippen molar-refractivity contribution < 1.29 is 14.4 Å². The Balaban J connectivity index is 2.80. The summed E-state index contributed by atoms with van der Waals surface area (Å²) >= 11 is 0. The Labute approximate surface area is 79.3 Å². The molecule has 2 aromatic heterocycles. The van der Waals surface area contributed by atoms with E-state index in [0.29, 0.717) is 0 Å². The first kappa shape index (κ1) is 8.68. The van der Waals surface area contributed by atoms with Crippen molar-refractivity contribution in [2.45, 2.75) is 13.8 Å². The van der Waals surface area contributed by atoms with Gasteiger partial charge < -0.3 is 9.63 Å². The predicted molar refractivity (Wildman–Crippen MR) is 48.2 cm³/mol. The maximum absolute atomic E-state index is 10.7. The van der Waals surface area contributed by atoms with E-state index in [1.165, 1.54) is 6.07 Å². The molecule has 0 aromatic carbocycles. The molecule has 0 aliphatic carbocycles. The largest absolute Gasteiger partial charge is 0.477 e. The van der Waals surface area contributed by atoms with Gasteiger partial charge in [0.1, 0.15) is 0 Å². The molecule has 0 saturated carbocycles. The molecule has 0 spiro atoms. The van der Waals surface area contributed by atoms with Crippen LogP contribution in [0, 0.1) is 13.8 Å². The van der Waals surface area contributed by atoms with Gasteiger partial charge in [-0.1, -0.05) is 5.16 Å². The Morgan fingerprint density at radius 2 is 2.21 bits per heavy atom. The Morgan fingerprint density at radius 3 is 2.86 bits per heavy atom. The van der Waals surface area contributed by atoms with E-state index >= 15 is 0 Å². The van der Waals surface area contributed by atoms with Crippen molar-refractivity contribution >= 4 is 17.1 Å². The zero-order chi connectivity index (χ0) is 10.3. The first-order chi connectivity index (χ1) is 6.59. The highest BCUT2D eigenvalue weighted by Crippen LogP contribution is 2.20. The molecule has 0 aliphatic rings. The van der Waals surface area contributed by atoms with Crippen molar-refractivity contribution in [3.05, 3.63) is 23.0 Å². The van der Waals surface area contributed by atoms with Gasteiger partial charge in [-0.3, -0.25) is 0 Å². The average Bonchev–Trinajstić information content (AvgIpc) is 2.48. The minimum absolute atomic E-state index is 0.0221. The van der Waals surface area contributed by atoms with Gasteiger partial charge in [0.15, 0.2) is 5.69 Å². The molecule has 72 valence electrons. The Kier molecular flexibility index (Phi) is 1.73. The third-order valence-corrected chi connectivity index (χ3v) is 2.03. The average molecular weight is 192 g/mol. The summed E-state index contributed by atoms with van der Waals surface area (Å²) in [5.74, 6) is -1.07. The van der Waals surface area contributed by atoms with Gasteiger partial charge in [0.25, 0.3) is 5.71 Å². The van der Waals surface area contributed by atoms with Gasteiger partial charge in [0, 0.05) is 0 Å². The molecule has 0 radical (unpaired) electrons. The lowest BCUT2D eigenvalue weighted by Crippen LogP contribution is -2.00. The Hall–Kier alpha value is -1.91. The summed E-state index contributed by atoms with van der Waals surface area (Å²) in [5, 5.41) is 13.3. The second-order valence-corrected chi connectivity index (χ2v) is 3.08. The number of carbonyl (C=O) groups is 1. The van der Waals surface area contributed by atoms with Crippen LogP contribution in [0.2, 0.25) is 0 Å². The van der Waals surface area contributed by atoms with Crippen LogP contribution in [0.1, 0.15) is 21.7 Å². The maximum Gasteiger partial charge on any atom is 0.354 e. The molecular formula is C9H8N2O3. The number of carboxylic acids is 1. The molecule has 2 aromatic rings. The monoisotopic (exact) mass is 192 g/mol. The van der Waals surface area contributed by atoms with Crippen LogP contribution < -0.4 is 0 Å².